The van der Waals surface area contributed by atoms with E-state index in [4.69, 9.17) is 0 Å². The third kappa shape index (κ3) is 3.48. The first-order valence-corrected chi connectivity index (χ1v) is 9.65. The van der Waals surface area contributed by atoms with Crippen molar-refractivity contribution in [1.29, 1.82) is 0 Å². The summed E-state index contributed by atoms with van der Waals surface area (Å²) in [6, 6.07) is 12.0. The quantitative estimate of drug-likeness (QED) is 0.568. The number of pyridine rings is 1. The lowest BCUT2D eigenvalue weighted by Crippen LogP contribution is -2.17. The van der Waals surface area contributed by atoms with Gasteiger partial charge in [-0.15, -0.1) is 11.3 Å². The molecule has 1 amide bonds. The van der Waals surface area contributed by atoms with E-state index in [9.17, 15) is 4.79 Å². The number of amides is 1. The van der Waals surface area contributed by atoms with Crippen LogP contribution in [0.25, 0.3) is 16.2 Å². The van der Waals surface area contributed by atoms with Crippen molar-refractivity contribution in [3.8, 4) is 11.3 Å². The second kappa shape index (κ2) is 6.96. The minimum atomic E-state index is -0.0542. The van der Waals surface area contributed by atoms with Gasteiger partial charge in [0, 0.05) is 28.5 Å². The average molecular weight is 376 g/mol. The highest BCUT2D eigenvalue weighted by Crippen LogP contribution is 2.24. The Hall–Kier alpha value is -2.99. The Labute approximate surface area is 161 Å². The zero-order chi connectivity index (χ0) is 19.0. The van der Waals surface area contributed by atoms with Gasteiger partial charge in [0.25, 0.3) is 0 Å². The number of rotatable bonds is 4. The normalized spacial score (nSPS) is 11.1. The summed E-state index contributed by atoms with van der Waals surface area (Å²) < 4.78 is 2.00. The molecule has 0 saturated heterocycles. The van der Waals surface area contributed by atoms with Crippen molar-refractivity contribution in [3.05, 3.63) is 70.6 Å². The summed E-state index contributed by atoms with van der Waals surface area (Å²) in [6.07, 6.45) is 2.28. The number of benzene rings is 1. The van der Waals surface area contributed by atoms with Gasteiger partial charge in [0.1, 0.15) is 0 Å². The minimum Gasteiger partial charge on any atom is -0.324 e. The maximum atomic E-state index is 12.6. The lowest BCUT2D eigenvalue weighted by molar-refractivity contribution is -0.115. The van der Waals surface area contributed by atoms with Crippen molar-refractivity contribution in [2.45, 2.75) is 27.2 Å². The predicted octanol–water partition coefficient (Wildman–Crippen LogP) is 4.56. The summed E-state index contributed by atoms with van der Waals surface area (Å²) in [7, 11) is 0. The third-order valence-corrected chi connectivity index (χ3v) is 5.37. The summed E-state index contributed by atoms with van der Waals surface area (Å²) in [5, 5.41) is 5.01. The molecule has 0 radical (unpaired) electrons. The molecule has 0 bridgehead atoms. The molecule has 0 spiro atoms. The van der Waals surface area contributed by atoms with Crippen LogP contribution in [0.2, 0.25) is 0 Å². The van der Waals surface area contributed by atoms with E-state index in [1.165, 1.54) is 0 Å². The van der Waals surface area contributed by atoms with Crippen LogP contribution >= 0.6 is 11.3 Å². The molecule has 0 unspecified atom stereocenters. The fraction of sp³-hybridized carbons (Fsp3) is 0.190. The lowest BCUT2D eigenvalue weighted by Gasteiger charge is -2.11. The van der Waals surface area contributed by atoms with Crippen molar-refractivity contribution < 1.29 is 4.79 Å². The molecule has 136 valence electrons. The van der Waals surface area contributed by atoms with E-state index in [0.717, 1.165) is 44.6 Å². The van der Waals surface area contributed by atoms with Crippen LogP contribution in [0.1, 0.15) is 22.6 Å². The van der Waals surface area contributed by atoms with Crippen LogP contribution in [0.15, 0.2) is 48.0 Å². The van der Waals surface area contributed by atoms with Gasteiger partial charge in [-0.2, -0.15) is 0 Å². The first-order chi connectivity index (χ1) is 13.0. The molecule has 0 aliphatic carbocycles. The molecule has 0 fully saturated rings. The number of anilines is 1. The van der Waals surface area contributed by atoms with E-state index in [2.05, 4.69) is 15.3 Å². The van der Waals surface area contributed by atoms with E-state index >= 15 is 0 Å². The molecule has 3 heterocycles. The molecule has 0 aliphatic heterocycles. The number of hydrogen-bond acceptors (Lipinski definition) is 4. The number of carbonyl (C=O) groups excluding carboxylic acids is 1. The van der Waals surface area contributed by atoms with E-state index in [1.807, 2.05) is 73.1 Å². The highest BCUT2D eigenvalue weighted by atomic mass is 32.1. The molecule has 4 aromatic rings. The minimum absolute atomic E-state index is 0.0542. The van der Waals surface area contributed by atoms with Crippen LogP contribution < -0.4 is 5.32 Å². The smallest absolute Gasteiger partial charge is 0.230 e. The monoisotopic (exact) mass is 376 g/mol. The van der Waals surface area contributed by atoms with Gasteiger partial charge in [0.2, 0.25) is 5.91 Å². The van der Waals surface area contributed by atoms with Crippen molar-refractivity contribution in [3.63, 3.8) is 0 Å². The zero-order valence-electron chi connectivity index (χ0n) is 15.5. The van der Waals surface area contributed by atoms with E-state index in [1.54, 1.807) is 11.3 Å². The van der Waals surface area contributed by atoms with Crippen molar-refractivity contribution in [2.24, 2.45) is 0 Å². The van der Waals surface area contributed by atoms with Gasteiger partial charge in [-0.25, -0.2) is 4.98 Å². The SMILES string of the molecule is Cc1cc(C)c(NC(=O)Cc2csc3nc(-c4ccccc4)cn23)c(C)n1. The summed E-state index contributed by atoms with van der Waals surface area (Å²) in [4.78, 5) is 22.6. The molecule has 0 atom stereocenters. The van der Waals surface area contributed by atoms with Crippen LogP contribution in [0.5, 0.6) is 0 Å². The molecule has 5 nitrogen and oxygen atoms in total. The Balaban J connectivity index is 1.57. The number of thiazole rings is 1. The molecule has 4 rings (SSSR count). The molecular formula is C21H20N4OS. The average Bonchev–Trinajstić information content (AvgIpc) is 3.21. The zero-order valence-corrected chi connectivity index (χ0v) is 16.3. The van der Waals surface area contributed by atoms with Crippen molar-refractivity contribution in [1.82, 2.24) is 14.4 Å². The highest BCUT2D eigenvalue weighted by molar-refractivity contribution is 7.15. The van der Waals surface area contributed by atoms with Gasteiger partial charge in [0.05, 0.1) is 23.5 Å². The Kier molecular flexibility index (Phi) is 4.49. The number of hydrogen-bond donors (Lipinski definition) is 1. The summed E-state index contributed by atoms with van der Waals surface area (Å²) in [5.74, 6) is -0.0542. The molecule has 1 aromatic carbocycles. The second-order valence-corrected chi connectivity index (χ2v) is 7.47. The Bertz CT molecular complexity index is 1100. The second-order valence-electron chi connectivity index (χ2n) is 6.64. The summed E-state index contributed by atoms with van der Waals surface area (Å²) in [6.45, 7) is 5.86. The van der Waals surface area contributed by atoms with Gasteiger partial charge in [-0.05, 0) is 32.4 Å². The number of aromatic nitrogens is 3. The number of imidazole rings is 1. The van der Waals surface area contributed by atoms with Crippen LogP contribution in [0, 0.1) is 20.8 Å². The van der Waals surface area contributed by atoms with E-state index < -0.39 is 0 Å². The van der Waals surface area contributed by atoms with E-state index in [0.29, 0.717) is 0 Å². The summed E-state index contributed by atoms with van der Waals surface area (Å²) in [5.41, 5.74) is 6.53. The van der Waals surface area contributed by atoms with Gasteiger partial charge in [-0.3, -0.25) is 14.2 Å². The topological polar surface area (TPSA) is 59.3 Å². The lowest BCUT2D eigenvalue weighted by atomic mass is 10.1. The molecule has 0 saturated carbocycles. The molecule has 27 heavy (non-hydrogen) atoms. The van der Waals surface area contributed by atoms with Crippen LogP contribution in [-0.2, 0) is 11.2 Å². The molecule has 0 aliphatic rings. The number of nitrogens with zero attached hydrogens (tertiary/aromatic N) is 3. The van der Waals surface area contributed by atoms with Crippen LogP contribution in [0.3, 0.4) is 0 Å². The number of fused-ring (bicyclic) bond motifs is 1. The highest BCUT2D eigenvalue weighted by Gasteiger charge is 2.14. The third-order valence-electron chi connectivity index (χ3n) is 4.48. The number of carbonyl (C=O) groups is 1. The number of nitrogens with one attached hydrogen (secondary N) is 1. The van der Waals surface area contributed by atoms with Gasteiger partial charge in [-0.1, -0.05) is 30.3 Å². The Morgan fingerprint density at radius 3 is 2.67 bits per heavy atom. The first kappa shape index (κ1) is 17.4. The molecular weight excluding hydrogens is 356 g/mol. The van der Waals surface area contributed by atoms with E-state index in [-0.39, 0.29) is 12.3 Å². The van der Waals surface area contributed by atoms with Gasteiger partial charge in [0.15, 0.2) is 4.96 Å². The van der Waals surface area contributed by atoms with Crippen LogP contribution in [0.4, 0.5) is 5.69 Å². The van der Waals surface area contributed by atoms with Crippen LogP contribution in [-0.4, -0.2) is 20.3 Å². The van der Waals surface area contributed by atoms with Crippen molar-refractivity contribution >= 4 is 27.9 Å². The van der Waals surface area contributed by atoms with Gasteiger partial charge >= 0.3 is 0 Å². The predicted molar refractivity (Wildman–Crippen MR) is 109 cm³/mol. The standard InChI is InChI=1S/C21H20N4OS/c1-13-9-14(2)22-15(3)20(13)24-19(26)10-17-12-27-21-23-18(11-25(17)21)16-7-5-4-6-8-16/h4-9,11-12H,10H2,1-3H3,(H,24,26). The molecule has 6 heteroatoms. The fourth-order valence-electron chi connectivity index (χ4n) is 3.27. The van der Waals surface area contributed by atoms with Crippen molar-refractivity contribution in [2.75, 3.05) is 5.32 Å². The summed E-state index contributed by atoms with van der Waals surface area (Å²) >= 11 is 1.55. The maximum Gasteiger partial charge on any atom is 0.230 e. The maximum absolute atomic E-state index is 12.6. The largest absolute Gasteiger partial charge is 0.324 e. The Morgan fingerprint density at radius 1 is 1.15 bits per heavy atom. The fourth-order valence-corrected chi connectivity index (χ4v) is 4.14. The van der Waals surface area contributed by atoms with Gasteiger partial charge < -0.3 is 5.32 Å². The molecule has 3 aromatic heterocycles. The first-order valence-electron chi connectivity index (χ1n) is 8.77. The Morgan fingerprint density at radius 2 is 1.93 bits per heavy atom. The molecule has 1 N–H and O–H groups in total. The number of aryl methyl sites for hydroxylation is 3.